The van der Waals surface area contributed by atoms with Crippen molar-refractivity contribution < 1.29 is 14.3 Å². The molecule has 2 aromatic heterocycles. The summed E-state index contributed by atoms with van der Waals surface area (Å²) in [6, 6.07) is 13.0. The predicted octanol–water partition coefficient (Wildman–Crippen LogP) is 2.64. The molecule has 0 bridgehead atoms. The number of nitrogens with zero attached hydrogens (tertiary/aromatic N) is 3. The number of hydrogen-bond acceptors (Lipinski definition) is 4. The third-order valence-electron chi connectivity index (χ3n) is 5.33. The van der Waals surface area contributed by atoms with Gasteiger partial charge in [-0.3, -0.25) is 9.59 Å². The molecule has 156 valence electrons. The van der Waals surface area contributed by atoms with Crippen LogP contribution in [0.25, 0.3) is 5.65 Å². The number of rotatable bonds is 5. The number of amides is 2. The Morgan fingerprint density at radius 3 is 2.77 bits per heavy atom. The number of aryl methyl sites for hydroxylation is 1. The lowest BCUT2D eigenvalue weighted by atomic mass is 9.96. The zero-order valence-corrected chi connectivity index (χ0v) is 17.4. The largest absolute Gasteiger partial charge is 0.356 e. The standard InChI is InChI=1S/C23H26N4O3/c1-15(2)27-20(28)14-30-22(21(27)17-7-5-4-6-8-17)23(29)24-12-18-13-26-10-9-16(3)11-19(26)25-18/h4-11,13,15,21-22H,12,14H2,1-3H3,(H,24,29)/t21-,22+/m1/s1. The lowest BCUT2D eigenvalue weighted by Gasteiger charge is -2.42. The fraction of sp³-hybridized carbons (Fsp3) is 0.348. The van der Waals surface area contributed by atoms with Gasteiger partial charge in [-0.1, -0.05) is 30.3 Å². The lowest BCUT2D eigenvalue weighted by molar-refractivity contribution is -0.167. The number of benzene rings is 1. The topological polar surface area (TPSA) is 75.9 Å². The van der Waals surface area contributed by atoms with Crippen LogP contribution in [-0.4, -0.2) is 44.9 Å². The molecule has 4 rings (SSSR count). The Balaban J connectivity index is 1.55. The number of aromatic nitrogens is 2. The van der Waals surface area contributed by atoms with Crippen molar-refractivity contribution in [2.24, 2.45) is 0 Å². The molecule has 2 atom stereocenters. The van der Waals surface area contributed by atoms with Crippen molar-refractivity contribution in [1.29, 1.82) is 0 Å². The molecule has 1 aliphatic rings. The molecule has 1 N–H and O–H groups in total. The predicted molar refractivity (Wildman–Crippen MR) is 113 cm³/mol. The van der Waals surface area contributed by atoms with E-state index >= 15 is 0 Å². The highest BCUT2D eigenvalue weighted by atomic mass is 16.5. The lowest BCUT2D eigenvalue weighted by Crippen LogP contribution is -2.56. The van der Waals surface area contributed by atoms with Crippen molar-refractivity contribution in [2.75, 3.05) is 6.61 Å². The highest BCUT2D eigenvalue weighted by Crippen LogP contribution is 2.32. The molecule has 3 heterocycles. The summed E-state index contributed by atoms with van der Waals surface area (Å²) in [5.41, 5.74) is 3.61. The average molecular weight is 406 g/mol. The van der Waals surface area contributed by atoms with Crippen molar-refractivity contribution >= 4 is 17.5 Å². The van der Waals surface area contributed by atoms with E-state index in [-0.39, 0.29) is 31.0 Å². The minimum absolute atomic E-state index is 0.0522. The summed E-state index contributed by atoms with van der Waals surface area (Å²) < 4.78 is 7.66. The quantitative estimate of drug-likeness (QED) is 0.707. The van der Waals surface area contributed by atoms with E-state index in [4.69, 9.17) is 4.74 Å². The van der Waals surface area contributed by atoms with Crippen molar-refractivity contribution in [1.82, 2.24) is 19.6 Å². The molecule has 0 aliphatic carbocycles. The summed E-state index contributed by atoms with van der Waals surface area (Å²) in [6.07, 6.45) is 3.06. The highest BCUT2D eigenvalue weighted by molar-refractivity contribution is 5.86. The average Bonchev–Trinajstić information content (AvgIpc) is 3.14. The van der Waals surface area contributed by atoms with Gasteiger partial charge in [-0.05, 0) is 44.0 Å². The molecular formula is C23H26N4O3. The van der Waals surface area contributed by atoms with Crippen LogP contribution in [0.4, 0.5) is 0 Å². The zero-order valence-electron chi connectivity index (χ0n) is 17.4. The molecule has 1 aromatic carbocycles. The first-order chi connectivity index (χ1) is 14.4. The minimum atomic E-state index is -0.785. The highest BCUT2D eigenvalue weighted by Gasteiger charge is 2.42. The molecule has 0 spiro atoms. The second-order valence-electron chi connectivity index (χ2n) is 7.90. The number of pyridine rings is 1. The summed E-state index contributed by atoms with van der Waals surface area (Å²) in [7, 11) is 0. The first-order valence-corrected chi connectivity index (χ1v) is 10.1. The van der Waals surface area contributed by atoms with Gasteiger partial charge in [-0.15, -0.1) is 0 Å². The van der Waals surface area contributed by atoms with Crippen LogP contribution in [-0.2, 0) is 20.9 Å². The summed E-state index contributed by atoms with van der Waals surface area (Å²) in [4.78, 5) is 32.0. The Morgan fingerprint density at radius 1 is 1.27 bits per heavy atom. The van der Waals surface area contributed by atoms with E-state index in [2.05, 4.69) is 10.3 Å². The van der Waals surface area contributed by atoms with Gasteiger partial charge in [0.1, 0.15) is 12.3 Å². The Bertz CT molecular complexity index is 1060. The molecule has 7 heteroatoms. The Kier molecular flexibility index (Phi) is 5.55. The van der Waals surface area contributed by atoms with Crippen LogP contribution < -0.4 is 5.32 Å². The first kappa shape index (κ1) is 20.1. The van der Waals surface area contributed by atoms with Crippen molar-refractivity contribution in [3.05, 3.63) is 71.7 Å². The van der Waals surface area contributed by atoms with E-state index in [0.717, 1.165) is 22.5 Å². The third-order valence-corrected chi connectivity index (χ3v) is 5.33. The van der Waals surface area contributed by atoms with E-state index in [1.165, 1.54) is 0 Å². The van der Waals surface area contributed by atoms with Gasteiger partial charge in [0.2, 0.25) is 5.91 Å². The molecule has 3 aromatic rings. The Morgan fingerprint density at radius 2 is 2.03 bits per heavy atom. The number of nitrogens with one attached hydrogen (secondary N) is 1. The number of carbonyl (C=O) groups is 2. The third kappa shape index (κ3) is 3.93. The summed E-state index contributed by atoms with van der Waals surface area (Å²) >= 11 is 0. The van der Waals surface area contributed by atoms with Crippen LogP contribution in [0.3, 0.4) is 0 Å². The van der Waals surface area contributed by atoms with Crippen LogP contribution in [0, 0.1) is 6.92 Å². The summed E-state index contributed by atoms with van der Waals surface area (Å²) in [6.45, 7) is 6.10. The second kappa shape index (κ2) is 8.28. The fourth-order valence-corrected chi connectivity index (χ4v) is 3.94. The number of morpholine rings is 1. The van der Waals surface area contributed by atoms with E-state index in [0.29, 0.717) is 0 Å². The second-order valence-corrected chi connectivity index (χ2v) is 7.90. The van der Waals surface area contributed by atoms with Gasteiger partial charge in [-0.25, -0.2) is 4.98 Å². The van der Waals surface area contributed by atoms with Crippen LogP contribution in [0.5, 0.6) is 0 Å². The number of ether oxygens (including phenoxy) is 1. The van der Waals surface area contributed by atoms with E-state index in [1.54, 1.807) is 4.90 Å². The van der Waals surface area contributed by atoms with Crippen LogP contribution in [0.1, 0.15) is 36.7 Å². The molecule has 0 radical (unpaired) electrons. The van der Waals surface area contributed by atoms with Gasteiger partial charge >= 0.3 is 0 Å². The molecule has 0 unspecified atom stereocenters. The van der Waals surface area contributed by atoms with Crippen molar-refractivity contribution in [3.63, 3.8) is 0 Å². The van der Waals surface area contributed by atoms with Crippen molar-refractivity contribution in [3.8, 4) is 0 Å². The number of fused-ring (bicyclic) bond motifs is 1. The summed E-state index contributed by atoms with van der Waals surface area (Å²) in [5.74, 6) is -0.367. The number of hydrogen-bond donors (Lipinski definition) is 1. The van der Waals surface area contributed by atoms with Gasteiger partial charge in [0.25, 0.3) is 5.91 Å². The van der Waals surface area contributed by atoms with E-state index < -0.39 is 12.1 Å². The molecule has 1 fully saturated rings. The van der Waals surface area contributed by atoms with Crippen LogP contribution >= 0.6 is 0 Å². The molecule has 2 amide bonds. The molecular weight excluding hydrogens is 380 g/mol. The molecule has 1 saturated heterocycles. The fourth-order valence-electron chi connectivity index (χ4n) is 3.94. The smallest absolute Gasteiger partial charge is 0.252 e. The molecule has 0 saturated carbocycles. The van der Waals surface area contributed by atoms with E-state index in [9.17, 15) is 9.59 Å². The molecule has 1 aliphatic heterocycles. The number of carbonyl (C=O) groups excluding carboxylic acids is 2. The maximum absolute atomic E-state index is 13.1. The van der Waals surface area contributed by atoms with Crippen LogP contribution in [0.2, 0.25) is 0 Å². The van der Waals surface area contributed by atoms with Gasteiger partial charge in [-0.2, -0.15) is 0 Å². The Labute approximate surface area is 175 Å². The SMILES string of the molecule is Cc1ccn2cc(CNC(=O)[C@H]3OCC(=O)N(C(C)C)[C@@H]3c3ccccc3)nc2c1. The van der Waals surface area contributed by atoms with Crippen LogP contribution in [0.15, 0.2) is 54.9 Å². The van der Waals surface area contributed by atoms with E-state index in [1.807, 2.05) is 80.0 Å². The maximum atomic E-state index is 13.1. The van der Waals surface area contributed by atoms with Crippen molar-refractivity contribution in [2.45, 2.75) is 45.5 Å². The van der Waals surface area contributed by atoms with Gasteiger partial charge in [0.05, 0.1) is 18.3 Å². The Hall–Kier alpha value is -3.19. The normalized spacial score (nSPS) is 19.5. The monoisotopic (exact) mass is 406 g/mol. The minimum Gasteiger partial charge on any atom is -0.356 e. The maximum Gasteiger partial charge on any atom is 0.252 e. The summed E-state index contributed by atoms with van der Waals surface area (Å²) in [5, 5.41) is 2.94. The zero-order chi connectivity index (χ0) is 21.3. The van der Waals surface area contributed by atoms with Gasteiger partial charge < -0.3 is 19.4 Å². The van der Waals surface area contributed by atoms with Gasteiger partial charge in [0.15, 0.2) is 6.10 Å². The first-order valence-electron chi connectivity index (χ1n) is 10.1. The molecule has 30 heavy (non-hydrogen) atoms. The van der Waals surface area contributed by atoms with Gasteiger partial charge in [0, 0.05) is 18.4 Å². The number of imidazole rings is 1. The molecule has 7 nitrogen and oxygen atoms in total.